The maximum absolute atomic E-state index is 13.0. The Morgan fingerprint density at radius 3 is 1.50 bits per heavy atom. The Bertz CT molecular complexity index is 2550. The summed E-state index contributed by atoms with van der Waals surface area (Å²) in [7, 11) is 2.68. The molecule has 0 radical (unpaired) electrons. The molecule has 0 spiro atoms. The standard InChI is InChI=1S/C23H23NO6.C21H19NO6/c1-4-24-12-17(16-8-6-15(10-18(16)24)22(25)27-3)21(23(26)28-5-2)14-7-9-19-20(11-14)30-13-29-19;1-3-22-10-15(14-6-4-13(8-16(14)22)21(25)26-2)19(20(23)24)12-5-7-17-18(9-12)28-11-27-17/h6-12,21H,4-5,13H2,1-3H3;4-10,19H,3,11H2,1-2H3,(H,23,24). The average molecular weight is 791 g/mol. The molecule has 300 valence electrons. The Labute approximate surface area is 333 Å². The van der Waals surface area contributed by atoms with Gasteiger partial charge in [0.1, 0.15) is 11.8 Å². The number of aromatic nitrogens is 2. The van der Waals surface area contributed by atoms with E-state index < -0.39 is 29.7 Å². The molecule has 0 saturated heterocycles. The van der Waals surface area contributed by atoms with E-state index in [2.05, 4.69) is 0 Å². The number of nitrogens with zero attached hydrogens (tertiary/aromatic N) is 2. The summed E-state index contributed by atoms with van der Waals surface area (Å²) in [5.74, 6) is -1.27. The first-order valence-corrected chi connectivity index (χ1v) is 18.7. The number of esters is 3. The van der Waals surface area contributed by atoms with Crippen molar-refractivity contribution in [2.45, 2.75) is 45.7 Å². The molecular formula is C44H42N2O12. The normalized spacial score (nSPS) is 13.4. The minimum atomic E-state index is -0.967. The number of carbonyl (C=O) groups excluding carboxylic acids is 3. The molecule has 1 N–H and O–H groups in total. The van der Waals surface area contributed by atoms with Crippen molar-refractivity contribution in [3.05, 3.63) is 119 Å². The number of methoxy groups -OCH3 is 2. The van der Waals surface area contributed by atoms with Gasteiger partial charge in [0.05, 0.1) is 32.0 Å². The lowest BCUT2D eigenvalue weighted by atomic mass is 9.90. The molecule has 0 aliphatic carbocycles. The first-order valence-electron chi connectivity index (χ1n) is 18.7. The Hall–Kier alpha value is -6.96. The van der Waals surface area contributed by atoms with Crippen molar-refractivity contribution < 1.29 is 57.4 Å². The minimum absolute atomic E-state index is 0.127. The summed E-state index contributed by atoms with van der Waals surface area (Å²) in [5.41, 5.74) is 5.33. The second-order valence-corrected chi connectivity index (χ2v) is 13.4. The predicted molar refractivity (Wildman–Crippen MR) is 211 cm³/mol. The number of hydrogen-bond donors (Lipinski definition) is 1. The molecule has 2 atom stereocenters. The van der Waals surface area contributed by atoms with Gasteiger partial charge in [-0.2, -0.15) is 0 Å². The first kappa shape index (κ1) is 39.3. The molecule has 14 heteroatoms. The highest BCUT2D eigenvalue weighted by Gasteiger charge is 2.31. The highest BCUT2D eigenvalue weighted by atomic mass is 16.7. The number of benzene rings is 4. The largest absolute Gasteiger partial charge is 0.481 e. The molecule has 58 heavy (non-hydrogen) atoms. The molecule has 4 heterocycles. The Kier molecular flexibility index (Phi) is 11.3. The van der Waals surface area contributed by atoms with Crippen LogP contribution in [0.1, 0.15) is 75.6 Å². The topological polar surface area (TPSA) is 163 Å². The van der Waals surface area contributed by atoms with Gasteiger partial charge in [0.25, 0.3) is 0 Å². The average Bonchev–Trinajstić information content (AvgIpc) is 4.05. The van der Waals surface area contributed by atoms with Crippen LogP contribution in [0.2, 0.25) is 0 Å². The Balaban J connectivity index is 0.000000177. The summed E-state index contributed by atoms with van der Waals surface area (Å²) in [6.07, 6.45) is 3.77. The third kappa shape index (κ3) is 7.36. The van der Waals surface area contributed by atoms with E-state index in [1.54, 1.807) is 61.5 Å². The smallest absolute Gasteiger partial charge is 0.337 e. The van der Waals surface area contributed by atoms with Crippen LogP contribution in [0.15, 0.2) is 85.2 Å². The molecule has 8 rings (SSSR count). The fourth-order valence-corrected chi connectivity index (χ4v) is 7.42. The van der Waals surface area contributed by atoms with Crippen LogP contribution in [-0.2, 0) is 36.9 Å². The second kappa shape index (κ2) is 16.6. The number of hydrogen-bond acceptors (Lipinski definition) is 11. The van der Waals surface area contributed by atoms with Gasteiger partial charge < -0.3 is 47.4 Å². The third-order valence-corrected chi connectivity index (χ3v) is 10.2. The number of rotatable bonds is 11. The van der Waals surface area contributed by atoms with Gasteiger partial charge in [0, 0.05) is 47.3 Å². The molecule has 2 aliphatic heterocycles. The highest BCUT2D eigenvalue weighted by Crippen LogP contribution is 2.41. The number of aliphatic carboxylic acids is 1. The quantitative estimate of drug-likeness (QED) is 0.103. The molecule has 0 bridgehead atoms. The zero-order chi connectivity index (χ0) is 41.1. The van der Waals surface area contributed by atoms with Crippen LogP contribution < -0.4 is 18.9 Å². The molecule has 0 amide bonds. The lowest BCUT2D eigenvalue weighted by Gasteiger charge is -2.16. The van der Waals surface area contributed by atoms with Crippen molar-refractivity contribution in [3.8, 4) is 23.0 Å². The number of ether oxygens (including phenoxy) is 7. The molecular weight excluding hydrogens is 748 g/mol. The molecule has 2 unspecified atom stereocenters. The van der Waals surface area contributed by atoms with Gasteiger partial charge in [0.2, 0.25) is 13.6 Å². The van der Waals surface area contributed by atoms with Crippen molar-refractivity contribution in [1.29, 1.82) is 0 Å². The van der Waals surface area contributed by atoms with Gasteiger partial charge in [-0.1, -0.05) is 24.3 Å². The van der Waals surface area contributed by atoms with Crippen molar-refractivity contribution in [1.82, 2.24) is 9.13 Å². The fourth-order valence-electron chi connectivity index (χ4n) is 7.42. The zero-order valence-corrected chi connectivity index (χ0v) is 32.6. The van der Waals surface area contributed by atoms with E-state index >= 15 is 0 Å². The van der Waals surface area contributed by atoms with E-state index in [9.17, 15) is 24.3 Å². The van der Waals surface area contributed by atoms with E-state index in [1.165, 1.54) is 14.2 Å². The molecule has 6 aromatic rings. The Morgan fingerprint density at radius 1 is 0.621 bits per heavy atom. The highest BCUT2D eigenvalue weighted by molar-refractivity contribution is 5.99. The number of carboxylic acids is 1. The van der Waals surface area contributed by atoms with E-state index in [0.717, 1.165) is 32.9 Å². The summed E-state index contributed by atoms with van der Waals surface area (Å²) < 4.78 is 40.6. The van der Waals surface area contributed by atoms with Gasteiger partial charge in [-0.05, 0) is 91.6 Å². The fraction of sp³-hybridized carbons (Fsp3) is 0.273. The van der Waals surface area contributed by atoms with E-state index in [-0.39, 0.29) is 26.2 Å². The molecule has 4 aromatic carbocycles. The minimum Gasteiger partial charge on any atom is -0.481 e. The first-order chi connectivity index (χ1) is 28.1. The van der Waals surface area contributed by atoms with Gasteiger partial charge in [-0.25, -0.2) is 9.59 Å². The maximum atomic E-state index is 13.0. The predicted octanol–water partition coefficient (Wildman–Crippen LogP) is 7.26. The van der Waals surface area contributed by atoms with E-state index in [1.807, 2.05) is 53.6 Å². The second-order valence-electron chi connectivity index (χ2n) is 13.4. The number of fused-ring (bicyclic) bond motifs is 4. The third-order valence-electron chi connectivity index (χ3n) is 10.2. The van der Waals surface area contributed by atoms with Crippen LogP contribution in [0, 0.1) is 0 Å². The van der Waals surface area contributed by atoms with E-state index in [4.69, 9.17) is 33.2 Å². The molecule has 0 saturated carbocycles. The number of aryl methyl sites for hydroxylation is 2. The summed E-state index contributed by atoms with van der Waals surface area (Å²) in [4.78, 5) is 49.1. The monoisotopic (exact) mass is 790 g/mol. The zero-order valence-electron chi connectivity index (χ0n) is 32.6. The lowest BCUT2D eigenvalue weighted by Crippen LogP contribution is -2.17. The van der Waals surface area contributed by atoms with Crippen LogP contribution in [0.5, 0.6) is 23.0 Å². The van der Waals surface area contributed by atoms with Crippen LogP contribution in [0.25, 0.3) is 21.8 Å². The summed E-state index contributed by atoms with van der Waals surface area (Å²) in [5, 5.41) is 11.6. The van der Waals surface area contributed by atoms with Gasteiger partial charge in [-0.15, -0.1) is 0 Å². The van der Waals surface area contributed by atoms with Gasteiger partial charge in [-0.3, -0.25) is 9.59 Å². The van der Waals surface area contributed by atoms with Gasteiger partial charge >= 0.3 is 23.9 Å². The van der Waals surface area contributed by atoms with E-state index in [0.29, 0.717) is 58.3 Å². The van der Waals surface area contributed by atoms with Crippen LogP contribution >= 0.6 is 0 Å². The Morgan fingerprint density at radius 2 is 1.07 bits per heavy atom. The molecule has 2 aromatic heterocycles. The lowest BCUT2D eigenvalue weighted by molar-refractivity contribution is -0.144. The molecule has 14 nitrogen and oxygen atoms in total. The summed E-state index contributed by atoms with van der Waals surface area (Å²) >= 11 is 0. The SMILES string of the molecule is CCOC(=O)C(c1ccc2c(c1)OCO2)c1cn(CC)c2cc(C(=O)OC)ccc12.CCn1cc(C(C(=O)O)c2ccc3c(c2)OCO3)c2ccc(C(=O)OC)cc21. The maximum Gasteiger partial charge on any atom is 0.337 e. The number of carboxylic acid groups (broad SMARTS) is 1. The van der Waals surface area contributed by atoms with Crippen LogP contribution in [0.3, 0.4) is 0 Å². The van der Waals surface area contributed by atoms with Crippen molar-refractivity contribution in [2.75, 3.05) is 34.4 Å². The van der Waals surface area contributed by atoms with Crippen molar-refractivity contribution in [2.24, 2.45) is 0 Å². The summed E-state index contributed by atoms with van der Waals surface area (Å²) in [6.45, 7) is 7.63. The summed E-state index contributed by atoms with van der Waals surface area (Å²) in [6, 6.07) is 21.1. The molecule has 2 aliphatic rings. The van der Waals surface area contributed by atoms with Crippen molar-refractivity contribution >= 4 is 45.7 Å². The number of carbonyl (C=O) groups is 4. The van der Waals surface area contributed by atoms with Crippen LogP contribution in [0.4, 0.5) is 0 Å². The van der Waals surface area contributed by atoms with Gasteiger partial charge in [0.15, 0.2) is 23.0 Å². The molecule has 0 fully saturated rings. The van der Waals surface area contributed by atoms with Crippen LogP contribution in [-0.4, -0.2) is 72.5 Å². The van der Waals surface area contributed by atoms with Crippen molar-refractivity contribution in [3.63, 3.8) is 0 Å².